The van der Waals surface area contributed by atoms with Crippen molar-refractivity contribution in [2.45, 2.75) is 31.7 Å². The second-order valence-electron chi connectivity index (χ2n) is 4.78. The van der Waals surface area contributed by atoms with E-state index in [-0.39, 0.29) is 31.4 Å². The molecule has 1 aromatic carbocycles. The van der Waals surface area contributed by atoms with Crippen molar-refractivity contribution in [3.8, 4) is 0 Å². The van der Waals surface area contributed by atoms with E-state index in [0.717, 1.165) is 18.9 Å². The Balaban J connectivity index is 1.91. The Morgan fingerprint density at radius 2 is 2.11 bits per heavy atom. The van der Waals surface area contributed by atoms with Gasteiger partial charge in [0.25, 0.3) is 0 Å². The van der Waals surface area contributed by atoms with Crippen molar-refractivity contribution in [3.05, 3.63) is 35.4 Å². The highest BCUT2D eigenvalue weighted by atomic mass is 19.1. The molecule has 3 nitrogen and oxygen atoms in total. The number of amides is 1. The maximum atomic E-state index is 13.4. The first kappa shape index (κ1) is 13.9. The molecule has 5 heteroatoms. The fourth-order valence-electron chi connectivity index (χ4n) is 2.11. The molecule has 0 spiro atoms. The quantitative estimate of drug-likeness (QED) is 0.856. The standard InChI is InChI=1S/C14H17F2NO2/c15-11-3-1-10(13(16)9-11)2-6-14(19)17(7-8-18)12-4-5-12/h1,3,9,12,18H,2,4-8H2. The van der Waals surface area contributed by atoms with Crippen LogP contribution in [0.4, 0.5) is 8.78 Å². The van der Waals surface area contributed by atoms with Gasteiger partial charge in [-0.1, -0.05) is 6.07 Å². The van der Waals surface area contributed by atoms with E-state index < -0.39 is 11.6 Å². The first-order valence-corrected chi connectivity index (χ1v) is 6.46. The summed E-state index contributed by atoms with van der Waals surface area (Å²) in [5.74, 6) is -1.32. The van der Waals surface area contributed by atoms with Crippen molar-refractivity contribution in [1.82, 2.24) is 4.90 Å². The van der Waals surface area contributed by atoms with Crippen LogP contribution in [0.1, 0.15) is 24.8 Å². The van der Waals surface area contributed by atoms with Gasteiger partial charge in [-0.25, -0.2) is 8.78 Å². The maximum absolute atomic E-state index is 13.4. The summed E-state index contributed by atoms with van der Waals surface area (Å²) >= 11 is 0. The Labute approximate surface area is 110 Å². The first-order valence-electron chi connectivity index (χ1n) is 6.46. The zero-order chi connectivity index (χ0) is 13.8. The Morgan fingerprint density at radius 3 is 2.68 bits per heavy atom. The van der Waals surface area contributed by atoms with Gasteiger partial charge in [0, 0.05) is 25.1 Å². The van der Waals surface area contributed by atoms with E-state index in [9.17, 15) is 13.6 Å². The molecule has 0 unspecified atom stereocenters. The lowest BCUT2D eigenvalue weighted by atomic mass is 10.1. The SMILES string of the molecule is O=C(CCc1ccc(F)cc1F)N(CCO)C1CC1. The fourth-order valence-corrected chi connectivity index (χ4v) is 2.11. The number of nitrogens with zero attached hydrogens (tertiary/aromatic N) is 1. The summed E-state index contributed by atoms with van der Waals surface area (Å²) in [6.07, 6.45) is 2.37. The van der Waals surface area contributed by atoms with Crippen LogP contribution in [0.3, 0.4) is 0 Å². The molecule has 2 rings (SSSR count). The van der Waals surface area contributed by atoms with Gasteiger partial charge < -0.3 is 10.0 Å². The number of carbonyl (C=O) groups is 1. The van der Waals surface area contributed by atoms with E-state index >= 15 is 0 Å². The molecule has 1 fully saturated rings. The van der Waals surface area contributed by atoms with Crippen molar-refractivity contribution in [3.63, 3.8) is 0 Å². The third kappa shape index (κ3) is 3.73. The molecule has 19 heavy (non-hydrogen) atoms. The summed E-state index contributed by atoms with van der Waals surface area (Å²) in [6, 6.07) is 3.62. The lowest BCUT2D eigenvalue weighted by Crippen LogP contribution is -2.35. The lowest BCUT2D eigenvalue weighted by Gasteiger charge is -2.21. The van der Waals surface area contributed by atoms with Crippen LogP contribution in [-0.2, 0) is 11.2 Å². The van der Waals surface area contributed by atoms with Crippen LogP contribution in [0.2, 0.25) is 0 Å². The van der Waals surface area contributed by atoms with Gasteiger partial charge in [0.15, 0.2) is 0 Å². The Bertz CT molecular complexity index is 461. The number of benzene rings is 1. The van der Waals surface area contributed by atoms with Crippen LogP contribution in [0, 0.1) is 11.6 Å². The number of aliphatic hydroxyl groups is 1. The van der Waals surface area contributed by atoms with Crippen LogP contribution in [-0.4, -0.2) is 35.1 Å². The minimum atomic E-state index is -0.618. The third-order valence-electron chi connectivity index (χ3n) is 3.27. The molecule has 1 N–H and O–H groups in total. The second-order valence-corrected chi connectivity index (χ2v) is 4.78. The molecular formula is C14H17F2NO2. The molecule has 1 aliphatic carbocycles. The van der Waals surface area contributed by atoms with E-state index in [1.165, 1.54) is 12.1 Å². The minimum Gasteiger partial charge on any atom is -0.395 e. The number of hydrogen-bond donors (Lipinski definition) is 1. The maximum Gasteiger partial charge on any atom is 0.223 e. The summed E-state index contributed by atoms with van der Waals surface area (Å²) < 4.78 is 26.2. The average Bonchev–Trinajstić information content (AvgIpc) is 3.18. The summed E-state index contributed by atoms with van der Waals surface area (Å²) in [4.78, 5) is 13.6. The molecule has 0 aromatic heterocycles. The molecule has 0 saturated heterocycles. The smallest absolute Gasteiger partial charge is 0.223 e. The van der Waals surface area contributed by atoms with Crippen LogP contribution in [0.25, 0.3) is 0 Å². The molecule has 104 valence electrons. The zero-order valence-electron chi connectivity index (χ0n) is 10.6. The van der Waals surface area contributed by atoms with Crippen molar-refractivity contribution in [2.24, 2.45) is 0 Å². The number of aryl methyl sites for hydroxylation is 1. The van der Waals surface area contributed by atoms with Gasteiger partial charge in [0.2, 0.25) is 5.91 Å². The normalized spacial score (nSPS) is 14.5. The Morgan fingerprint density at radius 1 is 1.37 bits per heavy atom. The van der Waals surface area contributed by atoms with E-state index in [2.05, 4.69) is 0 Å². The predicted octanol–water partition coefficient (Wildman–Crippen LogP) is 1.88. The molecule has 1 saturated carbocycles. The molecule has 1 aliphatic rings. The summed E-state index contributed by atoms with van der Waals surface area (Å²) in [7, 11) is 0. The molecule has 0 atom stereocenters. The number of halogens is 2. The van der Waals surface area contributed by atoms with Gasteiger partial charge in [-0.05, 0) is 30.9 Å². The topological polar surface area (TPSA) is 40.5 Å². The highest BCUT2D eigenvalue weighted by Gasteiger charge is 2.31. The monoisotopic (exact) mass is 269 g/mol. The Hall–Kier alpha value is -1.49. The molecule has 1 amide bonds. The van der Waals surface area contributed by atoms with Gasteiger partial charge in [0.05, 0.1) is 6.61 Å². The van der Waals surface area contributed by atoms with Crippen LogP contribution >= 0.6 is 0 Å². The largest absolute Gasteiger partial charge is 0.395 e. The number of aliphatic hydroxyl groups excluding tert-OH is 1. The van der Waals surface area contributed by atoms with Gasteiger partial charge >= 0.3 is 0 Å². The molecule has 0 heterocycles. The lowest BCUT2D eigenvalue weighted by molar-refractivity contribution is -0.132. The summed E-state index contributed by atoms with van der Waals surface area (Å²) in [5, 5.41) is 8.93. The van der Waals surface area contributed by atoms with Crippen LogP contribution in [0.15, 0.2) is 18.2 Å². The van der Waals surface area contributed by atoms with Crippen molar-refractivity contribution in [1.29, 1.82) is 0 Å². The summed E-state index contributed by atoms with van der Waals surface area (Å²) in [6.45, 7) is 0.266. The van der Waals surface area contributed by atoms with Crippen LogP contribution < -0.4 is 0 Å². The first-order chi connectivity index (χ1) is 9.11. The van der Waals surface area contributed by atoms with Crippen LogP contribution in [0.5, 0.6) is 0 Å². The van der Waals surface area contributed by atoms with E-state index in [1.54, 1.807) is 4.90 Å². The van der Waals surface area contributed by atoms with E-state index in [1.807, 2.05) is 0 Å². The fraction of sp³-hybridized carbons (Fsp3) is 0.500. The van der Waals surface area contributed by atoms with Crippen molar-refractivity contribution >= 4 is 5.91 Å². The average molecular weight is 269 g/mol. The molecule has 0 aliphatic heterocycles. The highest BCUT2D eigenvalue weighted by Crippen LogP contribution is 2.27. The second kappa shape index (κ2) is 6.10. The molecule has 0 bridgehead atoms. The minimum absolute atomic E-state index is 0.0624. The predicted molar refractivity (Wildman–Crippen MR) is 66.5 cm³/mol. The van der Waals surface area contributed by atoms with Crippen molar-refractivity contribution < 1.29 is 18.7 Å². The number of carbonyl (C=O) groups excluding carboxylic acids is 1. The Kier molecular flexibility index (Phi) is 4.47. The van der Waals surface area contributed by atoms with Gasteiger partial charge in [-0.3, -0.25) is 4.79 Å². The van der Waals surface area contributed by atoms with Gasteiger partial charge in [-0.15, -0.1) is 0 Å². The molecule has 1 aromatic rings. The highest BCUT2D eigenvalue weighted by molar-refractivity contribution is 5.77. The van der Waals surface area contributed by atoms with E-state index in [0.29, 0.717) is 12.1 Å². The van der Waals surface area contributed by atoms with E-state index in [4.69, 9.17) is 5.11 Å². The van der Waals surface area contributed by atoms with Gasteiger partial charge in [0.1, 0.15) is 11.6 Å². The third-order valence-corrected chi connectivity index (χ3v) is 3.27. The number of rotatable bonds is 6. The van der Waals surface area contributed by atoms with Gasteiger partial charge in [-0.2, -0.15) is 0 Å². The molecule has 0 radical (unpaired) electrons. The zero-order valence-corrected chi connectivity index (χ0v) is 10.6. The van der Waals surface area contributed by atoms with Crippen molar-refractivity contribution in [2.75, 3.05) is 13.2 Å². The molecular weight excluding hydrogens is 252 g/mol. The number of hydrogen-bond acceptors (Lipinski definition) is 2. The summed E-state index contributed by atoms with van der Waals surface area (Å²) in [5.41, 5.74) is 0.342.